The summed E-state index contributed by atoms with van der Waals surface area (Å²) in [6.07, 6.45) is 5.39. The minimum Gasteiger partial charge on any atom is -0.384 e. The number of nitrogens with zero attached hydrogens (tertiary/aromatic N) is 4. The number of halogens is 1. The first-order chi connectivity index (χ1) is 13.2. The van der Waals surface area contributed by atoms with E-state index in [-0.39, 0.29) is 23.6 Å². The van der Waals surface area contributed by atoms with Gasteiger partial charge in [0.25, 0.3) is 11.8 Å². The summed E-state index contributed by atoms with van der Waals surface area (Å²) in [5.41, 5.74) is 4.02. The molecule has 0 bridgehead atoms. The van der Waals surface area contributed by atoms with E-state index in [1.807, 2.05) is 6.07 Å². The third-order valence-corrected chi connectivity index (χ3v) is 4.77. The van der Waals surface area contributed by atoms with E-state index in [4.69, 9.17) is 10.1 Å². The summed E-state index contributed by atoms with van der Waals surface area (Å²) in [5.74, 6) is -0.543. The number of piperidine rings is 1. The number of hydrogen-bond acceptors (Lipinski definition) is 6. The van der Waals surface area contributed by atoms with Gasteiger partial charge in [-0.3, -0.25) is 9.78 Å². The molecule has 138 valence electrons. The van der Waals surface area contributed by atoms with E-state index in [1.165, 1.54) is 12.3 Å². The number of carbonyl (C=O) groups excluding carboxylic acids is 1. The highest BCUT2D eigenvalue weighted by Crippen LogP contribution is 2.25. The highest BCUT2D eigenvalue weighted by molar-refractivity contribution is 5.94. The van der Waals surface area contributed by atoms with Gasteiger partial charge in [-0.15, -0.1) is 5.48 Å². The van der Waals surface area contributed by atoms with Crippen molar-refractivity contribution in [3.63, 3.8) is 0 Å². The van der Waals surface area contributed by atoms with Gasteiger partial charge in [-0.05, 0) is 25.0 Å². The van der Waals surface area contributed by atoms with Crippen LogP contribution in [-0.2, 0) is 4.84 Å². The number of likely N-dealkylation sites (tertiary alicyclic amines) is 1. The molecule has 4 heterocycles. The zero-order valence-corrected chi connectivity index (χ0v) is 14.4. The molecule has 2 aromatic rings. The quantitative estimate of drug-likeness (QED) is 0.855. The monoisotopic (exact) mass is 368 g/mol. The van der Waals surface area contributed by atoms with Crippen molar-refractivity contribution >= 4 is 11.8 Å². The first-order valence-corrected chi connectivity index (χ1v) is 8.63. The fraction of sp³-hybridized carbons (Fsp3) is 0.333. The van der Waals surface area contributed by atoms with Crippen molar-refractivity contribution in [2.24, 2.45) is 10.9 Å². The van der Waals surface area contributed by atoms with Gasteiger partial charge in [0.15, 0.2) is 5.82 Å². The van der Waals surface area contributed by atoms with E-state index < -0.39 is 5.82 Å². The molecule has 2 aliphatic rings. The minimum atomic E-state index is -0.618. The third-order valence-electron chi connectivity index (χ3n) is 4.77. The van der Waals surface area contributed by atoms with Crippen molar-refractivity contribution in [1.82, 2.24) is 20.3 Å². The second-order valence-electron chi connectivity index (χ2n) is 6.52. The van der Waals surface area contributed by atoms with Crippen LogP contribution in [0.15, 0.2) is 35.7 Å². The van der Waals surface area contributed by atoms with Crippen LogP contribution in [0.2, 0.25) is 0 Å². The first kappa shape index (κ1) is 17.2. The van der Waals surface area contributed by atoms with Gasteiger partial charge in [0.1, 0.15) is 17.9 Å². The Bertz CT molecular complexity index is 934. The zero-order chi connectivity index (χ0) is 18.8. The van der Waals surface area contributed by atoms with E-state index in [9.17, 15) is 9.18 Å². The molecule has 1 fully saturated rings. The molecular formula is C18H17FN6O2. The van der Waals surface area contributed by atoms with Gasteiger partial charge in [-0.2, -0.15) is 5.26 Å². The van der Waals surface area contributed by atoms with Crippen molar-refractivity contribution in [3.05, 3.63) is 53.4 Å². The predicted octanol–water partition coefficient (Wildman–Crippen LogP) is 1.58. The predicted molar refractivity (Wildman–Crippen MR) is 92.9 cm³/mol. The highest BCUT2D eigenvalue weighted by atomic mass is 19.1. The van der Waals surface area contributed by atoms with E-state index in [2.05, 4.69) is 20.4 Å². The molecule has 2 N–H and O–H groups in total. The molecule has 1 amide bonds. The number of rotatable bonds is 3. The fourth-order valence-corrected chi connectivity index (χ4v) is 3.37. The SMILES string of the molecule is N#Cc1c[nH]c(C2=NC([C@H]3CCCN(C(=O)c4ccncc4F)C3)NO2)c1. The molecule has 0 saturated carbocycles. The Balaban J connectivity index is 1.46. The molecule has 1 unspecified atom stereocenters. The van der Waals surface area contributed by atoms with Gasteiger partial charge < -0.3 is 14.7 Å². The molecule has 0 aliphatic carbocycles. The molecule has 0 radical (unpaired) electrons. The second kappa shape index (κ2) is 7.17. The maximum atomic E-state index is 13.9. The Labute approximate surface area is 154 Å². The lowest BCUT2D eigenvalue weighted by Gasteiger charge is -2.34. The molecule has 2 atom stereocenters. The number of carbonyl (C=O) groups is 1. The first-order valence-electron chi connectivity index (χ1n) is 8.63. The molecule has 9 heteroatoms. The second-order valence-corrected chi connectivity index (χ2v) is 6.52. The zero-order valence-electron chi connectivity index (χ0n) is 14.4. The van der Waals surface area contributed by atoms with Crippen molar-refractivity contribution < 1.29 is 14.0 Å². The van der Waals surface area contributed by atoms with Gasteiger partial charge in [0, 0.05) is 31.4 Å². The summed E-state index contributed by atoms with van der Waals surface area (Å²) in [6.45, 7) is 1.02. The van der Waals surface area contributed by atoms with Gasteiger partial charge in [-0.25, -0.2) is 9.38 Å². The third kappa shape index (κ3) is 3.39. The van der Waals surface area contributed by atoms with Gasteiger partial charge in [0.2, 0.25) is 0 Å². The minimum absolute atomic E-state index is 0.0286. The maximum absolute atomic E-state index is 13.9. The number of hydrogen-bond donors (Lipinski definition) is 2. The number of aromatic nitrogens is 2. The van der Waals surface area contributed by atoms with Crippen molar-refractivity contribution in [2.45, 2.75) is 19.0 Å². The summed E-state index contributed by atoms with van der Waals surface area (Å²) >= 11 is 0. The number of H-pyrrole nitrogens is 1. The van der Waals surface area contributed by atoms with Crippen LogP contribution in [-0.4, -0.2) is 45.9 Å². The van der Waals surface area contributed by atoms with Gasteiger partial charge in [0.05, 0.1) is 17.3 Å². The molecular weight excluding hydrogens is 351 g/mol. The fourth-order valence-electron chi connectivity index (χ4n) is 3.37. The highest BCUT2D eigenvalue weighted by Gasteiger charge is 2.34. The van der Waals surface area contributed by atoms with Crippen LogP contribution in [0.4, 0.5) is 4.39 Å². The lowest BCUT2D eigenvalue weighted by atomic mass is 9.95. The van der Waals surface area contributed by atoms with Crippen molar-refractivity contribution in [2.75, 3.05) is 13.1 Å². The van der Waals surface area contributed by atoms with Crippen LogP contribution in [0.25, 0.3) is 0 Å². The Morgan fingerprint density at radius 1 is 1.48 bits per heavy atom. The average molecular weight is 368 g/mol. The Morgan fingerprint density at radius 2 is 2.37 bits per heavy atom. The average Bonchev–Trinajstić information content (AvgIpc) is 3.37. The lowest BCUT2D eigenvalue weighted by molar-refractivity contribution is 0.0588. The van der Waals surface area contributed by atoms with Crippen LogP contribution in [0.1, 0.15) is 34.5 Å². The molecule has 4 rings (SSSR count). The van der Waals surface area contributed by atoms with Crippen LogP contribution in [0.3, 0.4) is 0 Å². The number of nitriles is 1. The Kier molecular flexibility index (Phi) is 4.56. The van der Waals surface area contributed by atoms with Crippen molar-refractivity contribution in [3.8, 4) is 6.07 Å². The topological polar surface area (TPSA) is 106 Å². The van der Waals surface area contributed by atoms with Crippen molar-refractivity contribution in [1.29, 1.82) is 5.26 Å². The molecule has 0 spiro atoms. The van der Waals surface area contributed by atoms with Crippen LogP contribution in [0, 0.1) is 23.1 Å². The van der Waals surface area contributed by atoms with E-state index in [0.717, 1.165) is 19.0 Å². The Morgan fingerprint density at radius 3 is 3.15 bits per heavy atom. The van der Waals surface area contributed by atoms with E-state index in [0.29, 0.717) is 30.2 Å². The van der Waals surface area contributed by atoms with Gasteiger partial charge >= 0.3 is 0 Å². The summed E-state index contributed by atoms with van der Waals surface area (Å²) < 4.78 is 13.9. The van der Waals surface area contributed by atoms with E-state index >= 15 is 0 Å². The largest absolute Gasteiger partial charge is 0.384 e. The molecule has 2 aromatic heterocycles. The smallest absolute Gasteiger partial charge is 0.258 e. The summed E-state index contributed by atoms with van der Waals surface area (Å²) in [4.78, 5) is 30.9. The molecule has 2 aliphatic heterocycles. The molecule has 27 heavy (non-hydrogen) atoms. The summed E-state index contributed by atoms with van der Waals surface area (Å²) in [5, 5.41) is 8.91. The lowest BCUT2D eigenvalue weighted by Crippen LogP contribution is -2.45. The molecule has 0 aromatic carbocycles. The van der Waals surface area contributed by atoms with Gasteiger partial charge in [-0.1, -0.05) is 0 Å². The number of hydroxylamine groups is 1. The van der Waals surface area contributed by atoms with Crippen LogP contribution >= 0.6 is 0 Å². The molecule has 1 saturated heterocycles. The van der Waals surface area contributed by atoms with E-state index in [1.54, 1.807) is 17.2 Å². The van der Waals surface area contributed by atoms with Crippen LogP contribution in [0.5, 0.6) is 0 Å². The number of pyridine rings is 1. The van der Waals surface area contributed by atoms with Crippen LogP contribution < -0.4 is 5.48 Å². The number of nitrogens with one attached hydrogen (secondary N) is 2. The standard InChI is InChI=1S/C18H17FN6O2/c19-14-9-21-4-3-13(14)18(26)25-5-1-2-12(10-25)16-23-17(27-24-16)15-6-11(7-20)8-22-15/h3-4,6,8-9,12,16,22,24H,1-2,5,10H2/t12-,16?/m0/s1. The normalized spacial score (nSPS) is 22.1. The summed E-state index contributed by atoms with van der Waals surface area (Å²) in [6, 6.07) is 5.10. The number of amides is 1. The number of aliphatic imine (C=N–C) groups is 1. The Hall–Kier alpha value is -3.25. The molecule has 8 nitrogen and oxygen atoms in total. The number of aromatic amines is 1. The maximum Gasteiger partial charge on any atom is 0.258 e. The summed E-state index contributed by atoms with van der Waals surface area (Å²) in [7, 11) is 0.